The van der Waals surface area contributed by atoms with Crippen LogP contribution in [0.5, 0.6) is 5.75 Å². The summed E-state index contributed by atoms with van der Waals surface area (Å²) >= 11 is 6.35. The summed E-state index contributed by atoms with van der Waals surface area (Å²) < 4.78 is 28.6. The first-order valence-electron chi connectivity index (χ1n) is 4.81. The van der Waals surface area contributed by atoms with Crippen molar-refractivity contribution < 1.29 is 18.3 Å². The Balaban J connectivity index is 2.95. The summed E-state index contributed by atoms with van der Waals surface area (Å²) in [6.45, 7) is -2.86. The third kappa shape index (κ3) is 4.35. The van der Waals surface area contributed by atoms with E-state index < -0.39 is 6.61 Å². The second kappa shape index (κ2) is 7.06. The third-order valence-corrected chi connectivity index (χ3v) is 3.06. The van der Waals surface area contributed by atoms with Crippen molar-refractivity contribution in [3.05, 3.63) is 29.3 Å². The first kappa shape index (κ1) is 14.6. The Morgan fingerprint density at radius 3 is 2.59 bits per heavy atom. The normalized spacial score (nSPS) is 10.6. The number of ketones is 1. The molecule has 6 heteroatoms. The maximum Gasteiger partial charge on any atom is 0.387 e. The number of Topliss-reactive ketones (excluding diaryl/α,β-unsaturated/α-hetero) is 1. The zero-order valence-electron chi connectivity index (χ0n) is 8.76. The van der Waals surface area contributed by atoms with Crippen LogP contribution in [-0.4, -0.2) is 17.7 Å². The maximum absolute atomic E-state index is 12.1. The van der Waals surface area contributed by atoms with E-state index in [1.54, 1.807) is 6.07 Å². The van der Waals surface area contributed by atoms with Crippen molar-refractivity contribution in [2.24, 2.45) is 0 Å². The third-order valence-electron chi connectivity index (χ3n) is 2.06. The quantitative estimate of drug-likeness (QED) is 0.554. The van der Waals surface area contributed by atoms with Crippen molar-refractivity contribution in [2.45, 2.75) is 18.4 Å². The Kier molecular flexibility index (Phi) is 6.05. The second-order valence-corrected chi connectivity index (χ2v) is 4.55. The van der Waals surface area contributed by atoms with Gasteiger partial charge in [-0.1, -0.05) is 31.9 Å². The van der Waals surface area contributed by atoms with Gasteiger partial charge in [0.2, 0.25) is 0 Å². The van der Waals surface area contributed by atoms with Gasteiger partial charge in [0.1, 0.15) is 5.75 Å². The Labute approximate surface area is 115 Å². The molecule has 0 saturated heterocycles. The van der Waals surface area contributed by atoms with E-state index in [4.69, 9.17) is 0 Å². The molecule has 17 heavy (non-hydrogen) atoms. The van der Waals surface area contributed by atoms with Gasteiger partial charge in [-0.2, -0.15) is 8.78 Å². The minimum atomic E-state index is -2.86. The summed E-state index contributed by atoms with van der Waals surface area (Å²) in [5, 5.41) is 0.926. The molecule has 0 heterocycles. The standard InChI is InChI=1S/C11H10Br2F2O2/c12-4-3-9(16)7-1-2-10(17-11(14)15)8(5-7)6-13/h1-2,5,11H,3-4,6H2. The predicted octanol–water partition coefficient (Wildman–Crippen LogP) is 4.15. The van der Waals surface area contributed by atoms with E-state index in [0.717, 1.165) is 0 Å². The van der Waals surface area contributed by atoms with E-state index in [9.17, 15) is 13.6 Å². The molecule has 0 aliphatic carbocycles. The molecule has 0 aliphatic rings. The van der Waals surface area contributed by atoms with E-state index in [1.165, 1.54) is 12.1 Å². The number of ether oxygens (including phenoxy) is 1. The number of carbonyl (C=O) groups excluding carboxylic acids is 1. The Morgan fingerprint density at radius 2 is 2.06 bits per heavy atom. The summed E-state index contributed by atoms with van der Waals surface area (Å²) in [5.74, 6) is 0.0555. The van der Waals surface area contributed by atoms with E-state index >= 15 is 0 Å². The zero-order valence-corrected chi connectivity index (χ0v) is 11.9. The highest BCUT2D eigenvalue weighted by atomic mass is 79.9. The topological polar surface area (TPSA) is 26.3 Å². The molecule has 0 spiro atoms. The Morgan fingerprint density at radius 1 is 1.35 bits per heavy atom. The van der Waals surface area contributed by atoms with Crippen LogP contribution in [0, 0.1) is 0 Å². The molecule has 1 rings (SSSR count). The molecule has 0 aromatic heterocycles. The zero-order chi connectivity index (χ0) is 12.8. The van der Waals surface area contributed by atoms with Crippen molar-refractivity contribution in [2.75, 3.05) is 5.33 Å². The molecule has 0 atom stereocenters. The van der Waals surface area contributed by atoms with Gasteiger partial charge in [-0.05, 0) is 18.2 Å². The van der Waals surface area contributed by atoms with E-state index in [-0.39, 0.29) is 11.5 Å². The summed E-state index contributed by atoms with van der Waals surface area (Å²) in [5.41, 5.74) is 1.03. The summed E-state index contributed by atoms with van der Waals surface area (Å²) in [7, 11) is 0. The van der Waals surface area contributed by atoms with Crippen LogP contribution < -0.4 is 4.74 Å². The molecule has 0 unspecified atom stereocenters. The molecular weight excluding hydrogens is 362 g/mol. The highest BCUT2D eigenvalue weighted by Gasteiger charge is 2.12. The second-order valence-electron chi connectivity index (χ2n) is 3.20. The number of hydrogen-bond donors (Lipinski definition) is 0. The average molecular weight is 372 g/mol. The molecule has 1 aromatic rings. The molecule has 2 nitrogen and oxygen atoms in total. The van der Waals surface area contributed by atoms with E-state index in [2.05, 4.69) is 36.6 Å². The first-order valence-corrected chi connectivity index (χ1v) is 7.05. The minimum absolute atomic E-state index is 0.0346. The number of halogens is 4. The molecule has 0 aliphatic heterocycles. The number of carbonyl (C=O) groups is 1. The molecule has 0 N–H and O–H groups in total. The van der Waals surface area contributed by atoms with Crippen LogP contribution in [-0.2, 0) is 5.33 Å². The first-order chi connectivity index (χ1) is 8.08. The smallest absolute Gasteiger partial charge is 0.387 e. The highest BCUT2D eigenvalue weighted by Crippen LogP contribution is 2.25. The fourth-order valence-electron chi connectivity index (χ4n) is 1.30. The van der Waals surface area contributed by atoms with Gasteiger partial charge in [0.25, 0.3) is 0 Å². The van der Waals surface area contributed by atoms with E-state index in [1.807, 2.05) is 0 Å². The van der Waals surface area contributed by atoms with Gasteiger partial charge in [0.05, 0.1) is 0 Å². The number of hydrogen-bond acceptors (Lipinski definition) is 2. The Bertz CT molecular complexity index is 397. The minimum Gasteiger partial charge on any atom is -0.435 e. The Hall–Kier alpha value is -0.490. The van der Waals surface area contributed by atoms with Crippen molar-refractivity contribution in [1.82, 2.24) is 0 Å². The summed E-state index contributed by atoms with van der Waals surface area (Å²) in [4.78, 5) is 11.6. The average Bonchev–Trinajstić information content (AvgIpc) is 2.29. The number of rotatable bonds is 6. The molecular formula is C11H10Br2F2O2. The monoisotopic (exact) mass is 370 g/mol. The lowest BCUT2D eigenvalue weighted by atomic mass is 10.1. The van der Waals surface area contributed by atoms with Crippen molar-refractivity contribution in [3.8, 4) is 5.75 Å². The van der Waals surface area contributed by atoms with Crippen LogP contribution >= 0.6 is 31.9 Å². The predicted molar refractivity (Wildman–Crippen MR) is 68.4 cm³/mol. The largest absolute Gasteiger partial charge is 0.435 e. The van der Waals surface area contributed by atoms with Crippen molar-refractivity contribution in [3.63, 3.8) is 0 Å². The van der Waals surface area contributed by atoms with Crippen LogP contribution in [0.4, 0.5) is 8.78 Å². The molecule has 1 aromatic carbocycles. The van der Waals surface area contributed by atoms with Gasteiger partial charge in [0, 0.05) is 28.2 Å². The fourth-order valence-corrected chi connectivity index (χ4v) is 2.10. The maximum atomic E-state index is 12.1. The molecule has 0 bridgehead atoms. The van der Waals surface area contributed by atoms with Gasteiger partial charge in [-0.3, -0.25) is 4.79 Å². The number of benzene rings is 1. The van der Waals surface area contributed by atoms with Gasteiger partial charge in [0.15, 0.2) is 5.78 Å². The van der Waals surface area contributed by atoms with Gasteiger partial charge in [-0.25, -0.2) is 0 Å². The number of alkyl halides is 4. The van der Waals surface area contributed by atoms with Crippen LogP contribution in [0.2, 0.25) is 0 Å². The summed E-state index contributed by atoms with van der Waals surface area (Å²) in [6.07, 6.45) is 0.372. The fraction of sp³-hybridized carbons (Fsp3) is 0.364. The van der Waals surface area contributed by atoms with Crippen LogP contribution in [0.3, 0.4) is 0 Å². The van der Waals surface area contributed by atoms with Gasteiger partial charge < -0.3 is 4.74 Å². The lowest BCUT2D eigenvalue weighted by Gasteiger charge is -2.10. The van der Waals surface area contributed by atoms with Gasteiger partial charge in [-0.15, -0.1) is 0 Å². The molecule has 0 fully saturated rings. The molecule has 0 radical (unpaired) electrons. The lowest BCUT2D eigenvalue weighted by Crippen LogP contribution is -2.06. The molecule has 0 amide bonds. The van der Waals surface area contributed by atoms with E-state index in [0.29, 0.717) is 28.2 Å². The lowest BCUT2D eigenvalue weighted by molar-refractivity contribution is -0.0503. The molecule has 0 saturated carbocycles. The van der Waals surface area contributed by atoms with Crippen LogP contribution in [0.1, 0.15) is 22.3 Å². The van der Waals surface area contributed by atoms with Crippen molar-refractivity contribution in [1.29, 1.82) is 0 Å². The SMILES string of the molecule is O=C(CCBr)c1ccc(OC(F)F)c(CBr)c1. The van der Waals surface area contributed by atoms with Crippen LogP contribution in [0.25, 0.3) is 0 Å². The van der Waals surface area contributed by atoms with Crippen molar-refractivity contribution >= 4 is 37.6 Å². The van der Waals surface area contributed by atoms with Crippen LogP contribution in [0.15, 0.2) is 18.2 Å². The summed E-state index contributed by atoms with van der Waals surface area (Å²) in [6, 6.07) is 4.45. The highest BCUT2D eigenvalue weighted by molar-refractivity contribution is 9.09. The van der Waals surface area contributed by atoms with Gasteiger partial charge >= 0.3 is 6.61 Å². The molecule has 94 valence electrons.